The minimum Gasteiger partial charge on any atom is -0.508 e. The van der Waals surface area contributed by atoms with Gasteiger partial charge < -0.3 is 10.2 Å². The molecule has 0 unspecified atom stereocenters. The number of aromatic hydroxyl groups is 2. The molecule has 0 amide bonds. The highest BCUT2D eigenvalue weighted by Gasteiger charge is 2.38. The van der Waals surface area contributed by atoms with E-state index >= 15 is 0 Å². The van der Waals surface area contributed by atoms with Crippen molar-refractivity contribution in [1.29, 1.82) is 0 Å². The van der Waals surface area contributed by atoms with Crippen LogP contribution in [0.1, 0.15) is 48.3 Å². The van der Waals surface area contributed by atoms with Crippen molar-refractivity contribution in [2.45, 2.75) is 37.0 Å². The van der Waals surface area contributed by atoms with Crippen molar-refractivity contribution in [2.75, 3.05) is 0 Å². The number of benzene rings is 3. The first-order valence-corrected chi connectivity index (χ1v) is 9.31. The van der Waals surface area contributed by atoms with Crippen LogP contribution in [0.25, 0.3) is 0 Å². The second kappa shape index (κ2) is 6.87. The molecule has 0 aromatic heterocycles. The maximum atomic E-state index is 9.70. The quantitative estimate of drug-likeness (QED) is 0.636. The lowest BCUT2D eigenvalue weighted by molar-refractivity contribution is 0.314. The number of rotatable bonds is 3. The fourth-order valence-electron chi connectivity index (χ4n) is 4.47. The molecule has 26 heavy (non-hydrogen) atoms. The molecule has 0 radical (unpaired) electrons. The van der Waals surface area contributed by atoms with E-state index in [1.165, 1.54) is 16.7 Å². The molecule has 0 atom stereocenters. The lowest BCUT2D eigenvalue weighted by atomic mass is 9.62. The summed E-state index contributed by atoms with van der Waals surface area (Å²) in [7, 11) is 0. The van der Waals surface area contributed by atoms with Crippen molar-refractivity contribution in [3.63, 3.8) is 0 Å². The van der Waals surface area contributed by atoms with Crippen molar-refractivity contribution in [2.24, 2.45) is 0 Å². The smallest absolute Gasteiger partial charge is 0.115 e. The Bertz CT molecular complexity index is 795. The molecule has 1 aliphatic rings. The molecule has 0 saturated heterocycles. The SMILES string of the molecule is Oc1ccc(C2(c3ccc(O)cc3)CCC(c3ccccc3)CC2)cc1. The van der Waals surface area contributed by atoms with Crippen LogP contribution < -0.4 is 0 Å². The zero-order valence-electron chi connectivity index (χ0n) is 14.8. The molecule has 1 aliphatic carbocycles. The highest BCUT2D eigenvalue weighted by atomic mass is 16.3. The summed E-state index contributed by atoms with van der Waals surface area (Å²) >= 11 is 0. The van der Waals surface area contributed by atoms with Gasteiger partial charge >= 0.3 is 0 Å². The predicted molar refractivity (Wildman–Crippen MR) is 105 cm³/mol. The van der Waals surface area contributed by atoms with Gasteiger partial charge in [-0.25, -0.2) is 0 Å². The normalized spacial score (nSPS) is 17.1. The molecule has 4 rings (SSSR count). The average molecular weight is 344 g/mol. The molecule has 3 aromatic rings. The van der Waals surface area contributed by atoms with E-state index in [1.807, 2.05) is 24.3 Å². The zero-order valence-corrected chi connectivity index (χ0v) is 14.8. The lowest BCUT2D eigenvalue weighted by Gasteiger charge is -2.41. The highest BCUT2D eigenvalue weighted by molar-refractivity contribution is 5.44. The van der Waals surface area contributed by atoms with Gasteiger partial charge in [0.15, 0.2) is 0 Å². The van der Waals surface area contributed by atoms with E-state index in [2.05, 4.69) is 30.3 Å². The first-order valence-electron chi connectivity index (χ1n) is 9.31. The highest BCUT2D eigenvalue weighted by Crippen LogP contribution is 2.49. The molecule has 0 aliphatic heterocycles. The third-order valence-electron chi connectivity index (χ3n) is 5.95. The molecule has 0 heterocycles. The Morgan fingerprint density at radius 2 is 1.08 bits per heavy atom. The number of phenols is 2. The number of hydrogen-bond acceptors (Lipinski definition) is 2. The van der Waals surface area contributed by atoms with Crippen LogP contribution in [0.15, 0.2) is 78.9 Å². The molecule has 2 heteroatoms. The summed E-state index contributed by atoms with van der Waals surface area (Å²) in [5.74, 6) is 1.19. The van der Waals surface area contributed by atoms with Gasteiger partial charge in [0.2, 0.25) is 0 Å². The first kappa shape index (κ1) is 16.7. The Hall–Kier alpha value is -2.74. The second-order valence-electron chi connectivity index (χ2n) is 7.36. The van der Waals surface area contributed by atoms with Gasteiger partial charge in [0.25, 0.3) is 0 Å². The van der Waals surface area contributed by atoms with E-state index in [-0.39, 0.29) is 5.41 Å². The molecule has 2 nitrogen and oxygen atoms in total. The third kappa shape index (κ3) is 3.08. The molecular formula is C24H24O2. The minimum absolute atomic E-state index is 0.0628. The molecular weight excluding hydrogens is 320 g/mol. The van der Waals surface area contributed by atoms with Crippen molar-refractivity contribution in [3.05, 3.63) is 95.6 Å². The van der Waals surface area contributed by atoms with Crippen LogP contribution in [0.3, 0.4) is 0 Å². The molecule has 1 fully saturated rings. The van der Waals surface area contributed by atoms with E-state index in [0.717, 1.165) is 25.7 Å². The van der Waals surface area contributed by atoms with Crippen LogP contribution in [0.5, 0.6) is 11.5 Å². The monoisotopic (exact) mass is 344 g/mol. The van der Waals surface area contributed by atoms with Gasteiger partial charge in [-0.1, -0.05) is 54.6 Å². The summed E-state index contributed by atoms with van der Waals surface area (Å²) < 4.78 is 0. The van der Waals surface area contributed by atoms with Gasteiger partial charge in [-0.2, -0.15) is 0 Å². The minimum atomic E-state index is -0.0628. The van der Waals surface area contributed by atoms with E-state index in [4.69, 9.17) is 0 Å². The van der Waals surface area contributed by atoms with Gasteiger partial charge in [0, 0.05) is 5.41 Å². The summed E-state index contributed by atoms with van der Waals surface area (Å²) in [6.07, 6.45) is 4.38. The van der Waals surface area contributed by atoms with Crippen molar-refractivity contribution in [3.8, 4) is 11.5 Å². The summed E-state index contributed by atoms with van der Waals surface area (Å²) in [5.41, 5.74) is 3.85. The second-order valence-corrected chi connectivity index (χ2v) is 7.36. The van der Waals surface area contributed by atoms with E-state index in [1.54, 1.807) is 24.3 Å². The molecule has 1 saturated carbocycles. The van der Waals surface area contributed by atoms with Crippen molar-refractivity contribution < 1.29 is 10.2 Å². The summed E-state index contributed by atoms with van der Waals surface area (Å²) in [5, 5.41) is 19.4. The topological polar surface area (TPSA) is 40.5 Å². The molecule has 0 bridgehead atoms. The first-order chi connectivity index (χ1) is 12.7. The van der Waals surface area contributed by atoms with Crippen molar-refractivity contribution in [1.82, 2.24) is 0 Å². The van der Waals surface area contributed by atoms with Gasteiger partial charge in [0.05, 0.1) is 0 Å². The third-order valence-corrected chi connectivity index (χ3v) is 5.95. The largest absolute Gasteiger partial charge is 0.508 e. The summed E-state index contributed by atoms with van der Waals surface area (Å²) in [6, 6.07) is 26.1. The van der Waals surface area contributed by atoms with Crippen LogP contribution >= 0.6 is 0 Å². The predicted octanol–water partition coefficient (Wildman–Crippen LogP) is 5.74. The fraction of sp³-hybridized carbons (Fsp3) is 0.250. The van der Waals surface area contributed by atoms with Gasteiger partial charge in [-0.05, 0) is 72.6 Å². The lowest BCUT2D eigenvalue weighted by Crippen LogP contribution is -2.32. The van der Waals surface area contributed by atoms with Crippen LogP contribution in [0, 0.1) is 0 Å². The van der Waals surface area contributed by atoms with E-state index in [0.29, 0.717) is 17.4 Å². The Kier molecular flexibility index (Phi) is 4.42. The molecule has 132 valence electrons. The van der Waals surface area contributed by atoms with Crippen molar-refractivity contribution >= 4 is 0 Å². The molecule has 2 N–H and O–H groups in total. The van der Waals surface area contributed by atoms with Crippen LogP contribution in [0.4, 0.5) is 0 Å². The number of hydrogen-bond donors (Lipinski definition) is 2. The average Bonchev–Trinajstić information content (AvgIpc) is 2.70. The fourth-order valence-corrected chi connectivity index (χ4v) is 4.47. The summed E-state index contributed by atoms with van der Waals surface area (Å²) in [4.78, 5) is 0. The number of phenolic OH excluding ortho intramolecular Hbond substituents is 2. The summed E-state index contributed by atoms with van der Waals surface area (Å²) in [6.45, 7) is 0. The molecule has 3 aromatic carbocycles. The van der Waals surface area contributed by atoms with Gasteiger partial charge in [0.1, 0.15) is 11.5 Å². The van der Waals surface area contributed by atoms with E-state index in [9.17, 15) is 10.2 Å². The Morgan fingerprint density at radius 3 is 1.54 bits per heavy atom. The maximum Gasteiger partial charge on any atom is 0.115 e. The van der Waals surface area contributed by atoms with Crippen LogP contribution in [-0.2, 0) is 5.41 Å². The zero-order chi connectivity index (χ0) is 18.0. The van der Waals surface area contributed by atoms with E-state index < -0.39 is 0 Å². The van der Waals surface area contributed by atoms with Crippen LogP contribution in [0.2, 0.25) is 0 Å². The maximum absolute atomic E-state index is 9.70. The standard InChI is InChI=1S/C24H24O2/c25-22-10-6-20(7-11-22)24(21-8-12-23(26)13-9-21)16-14-19(15-17-24)18-4-2-1-3-5-18/h1-13,19,25-26H,14-17H2. The Morgan fingerprint density at radius 1 is 0.615 bits per heavy atom. The molecule has 0 spiro atoms. The Labute approximate surface area is 154 Å². The van der Waals surface area contributed by atoms with Gasteiger partial charge in [-0.3, -0.25) is 0 Å². The van der Waals surface area contributed by atoms with Gasteiger partial charge in [-0.15, -0.1) is 0 Å². The van der Waals surface area contributed by atoms with Crippen LogP contribution in [-0.4, -0.2) is 10.2 Å². The Balaban J connectivity index is 1.69.